The van der Waals surface area contributed by atoms with Gasteiger partial charge in [0.25, 0.3) is 0 Å². The van der Waals surface area contributed by atoms with Crippen LogP contribution in [0.2, 0.25) is 0 Å². The van der Waals surface area contributed by atoms with Crippen LogP contribution in [0.3, 0.4) is 0 Å². The summed E-state index contributed by atoms with van der Waals surface area (Å²) in [5.74, 6) is 0.626. The largest absolute Gasteiger partial charge is 0.460 e. The Morgan fingerprint density at radius 3 is 2.58 bits per heavy atom. The summed E-state index contributed by atoms with van der Waals surface area (Å²) >= 11 is 1.61. The van der Waals surface area contributed by atoms with Crippen molar-refractivity contribution in [1.29, 1.82) is 0 Å². The molecule has 1 aromatic carbocycles. The van der Waals surface area contributed by atoms with Crippen LogP contribution in [-0.4, -0.2) is 34.2 Å². The smallest absolute Gasteiger partial charge is 0.407 e. The van der Waals surface area contributed by atoms with Crippen molar-refractivity contribution in [1.82, 2.24) is 5.32 Å². The summed E-state index contributed by atoms with van der Waals surface area (Å²) in [5.41, 5.74) is 0.436. The van der Waals surface area contributed by atoms with E-state index in [0.29, 0.717) is 12.8 Å². The lowest BCUT2D eigenvalue weighted by Crippen LogP contribution is -2.41. The van der Waals surface area contributed by atoms with Crippen LogP contribution in [0.5, 0.6) is 0 Å². The second-order valence-corrected chi connectivity index (χ2v) is 9.22. The van der Waals surface area contributed by atoms with Gasteiger partial charge in [-0.15, -0.1) is 11.8 Å². The molecule has 0 saturated heterocycles. The van der Waals surface area contributed by atoms with Gasteiger partial charge in [0, 0.05) is 6.04 Å². The topological polar surface area (TPSA) is 64.6 Å². The molecule has 26 heavy (non-hydrogen) atoms. The maximum atomic E-state index is 12.8. The van der Waals surface area contributed by atoms with Crippen LogP contribution in [0.1, 0.15) is 52.5 Å². The van der Waals surface area contributed by atoms with Gasteiger partial charge in [-0.3, -0.25) is 4.79 Å². The molecule has 0 aromatic heterocycles. The lowest BCUT2D eigenvalue weighted by atomic mass is 10.1. The molecule has 1 aliphatic carbocycles. The first-order valence-corrected chi connectivity index (χ1v) is 10.1. The molecule has 2 atom stereocenters. The van der Waals surface area contributed by atoms with E-state index in [0.717, 1.165) is 17.7 Å². The molecule has 1 aliphatic rings. The molecule has 1 fully saturated rings. The molecule has 0 heterocycles. The molecule has 2 rings (SSSR count). The van der Waals surface area contributed by atoms with Crippen molar-refractivity contribution in [2.24, 2.45) is 0 Å². The molecule has 1 saturated carbocycles. The number of amides is 1. The molecule has 0 bridgehead atoms. The number of carbonyl (C=O) groups is 2. The number of nitrogens with one attached hydrogen (secondary N) is 1. The van der Waals surface area contributed by atoms with Gasteiger partial charge in [0.05, 0.1) is 0 Å². The predicted octanol–water partition coefficient (Wildman–Crippen LogP) is 4.30. The summed E-state index contributed by atoms with van der Waals surface area (Å²) in [4.78, 5) is 24.8. The third-order valence-corrected chi connectivity index (χ3v) is 5.58. The molecule has 0 radical (unpaired) electrons. The van der Waals surface area contributed by atoms with Crippen molar-refractivity contribution in [3.8, 4) is 0 Å². The zero-order chi connectivity index (χ0) is 19.2. The Labute approximate surface area is 160 Å². The number of ether oxygens (including phenoxy) is 2. The molecule has 5 nitrogen and oxygen atoms in total. The van der Waals surface area contributed by atoms with Crippen LogP contribution in [0.25, 0.3) is 0 Å². The van der Waals surface area contributed by atoms with E-state index in [2.05, 4.69) is 5.32 Å². The van der Waals surface area contributed by atoms with Crippen molar-refractivity contribution in [3.05, 3.63) is 35.9 Å². The highest BCUT2D eigenvalue weighted by Crippen LogP contribution is 2.43. The highest BCUT2D eigenvalue weighted by atomic mass is 32.2. The third-order valence-electron chi connectivity index (χ3n) is 4.20. The van der Waals surface area contributed by atoms with Crippen molar-refractivity contribution >= 4 is 23.8 Å². The third kappa shape index (κ3) is 5.94. The van der Waals surface area contributed by atoms with Gasteiger partial charge >= 0.3 is 12.1 Å². The number of carbonyl (C=O) groups excluding carboxylic acids is 2. The van der Waals surface area contributed by atoms with E-state index < -0.39 is 16.4 Å². The Hall–Kier alpha value is -1.69. The number of hydrogen-bond donors (Lipinski definition) is 1. The molecular formula is C20H29NO4S. The van der Waals surface area contributed by atoms with E-state index in [9.17, 15) is 9.59 Å². The normalized spacial score (nSPS) is 22.7. The number of alkyl carbamates (subject to hydrolysis) is 1. The lowest BCUT2D eigenvalue weighted by molar-refractivity contribution is -0.147. The summed E-state index contributed by atoms with van der Waals surface area (Å²) in [6, 6.07) is 9.59. The Morgan fingerprint density at radius 2 is 1.96 bits per heavy atom. The van der Waals surface area contributed by atoms with Crippen molar-refractivity contribution in [2.45, 2.75) is 70.0 Å². The van der Waals surface area contributed by atoms with Crippen LogP contribution in [0.4, 0.5) is 4.79 Å². The van der Waals surface area contributed by atoms with E-state index in [-0.39, 0.29) is 18.6 Å². The van der Waals surface area contributed by atoms with Gasteiger partial charge in [-0.25, -0.2) is 4.79 Å². The maximum Gasteiger partial charge on any atom is 0.407 e. The Kier molecular flexibility index (Phi) is 6.98. The average Bonchev–Trinajstić information content (AvgIpc) is 2.96. The molecule has 0 aliphatic heterocycles. The van der Waals surface area contributed by atoms with Gasteiger partial charge in [-0.05, 0) is 51.3 Å². The van der Waals surface area contributed by atoms with Gasteiger partial charge in [0.2, 0.25) is 0 Å². The first-order chi connectivity index (χ1) is 12.2. The Morgan fingerprint density at radius 1 is 1.27 bits per heavy atom. The van der Waals surface area contributed by atoms with Crippen LogP contribution in [0, 0.1) is 0 Å². The van der Waals surface area contributed by atoms with Crippen LogP contribution in [0.15, 0.2) is 30.3 Å². The minimum Gasteiger partial charge on any atom is -0.460 e. The van der Waals surface area contributed by atoms with Crippen molar-refractivity contribution in [2.75, 3.05) is 5.75 Å². The van der Waals surface area contributed by atoms with Gasteiger partial charge in [-0.1, -0.05) is 37.3 Å². The van der Waals surface area contributed by atoms with Gasteiger partial charge in [0.15, 0.2) is 0 Å². The van der Waals surface area contributed by atoms with E-state index in [1.165, 1.54) is 0 Å². The fraction of sp³-hybridized carbons (Fsp3) is 0.600. The Balaban J connectivity index is 1.94. The summed E-state index contributed by atoms with van der Waals surface area (Å²) in [5, 5.41) is 2.89. The zero-order valence-corrected chi connectivity index (χ0v) is 16.9. The number of hydrogen-bond acceptors (Lipinski definition) is 5. The molecule has 1 aromatic rings. The van der Waals surface area contributed by atoms with Gasteiger partial charge in [-0.2, -0.15) is 0 Å². The van der Waals surface area contributed by atoms with E-state index in [4.69, 9.17) is 9.47 Å². The average molecular weight is 380 g/mol. The number of rotatable bonds is 6. The minimum atomic E-state index is -0.594. The van der Waals surface area contributed by atoms with Crippen LogP contribution >= 0.6 is 11.8 Å². The number of thioether (sulfide) groups is 1. The fourth-order valence-corrected chi connectivity index (χ4v) is 4.42. The van der Waals surface area contributed by atoms with Crippen molar-refractivity contribution < 1.29 is 19.1 Å². The summed E-state index contributed by atoms with van der Waals surface area (Å²) < 4.78 is 10.3. The van der Waals surface area contributed by atoms with Crippen LogP contribution < -0.4 is 5.32 Å². The molecule has 0 unspecified atom stereocenters. The second kappa shape index (κ2) is 8.80. The molecule has 0 spiro atoms. The number of esters is 1. The second-order valence-electron chi connectivity index (χ2n) is 7.57. The highest BCUT2D eigenvalue weighted by Gasteiger charge is 2.47. The molecule has 6 heteroatoms. The molecule has 144 valence electrons. The lowest BCUT2D eigenvalue weighted by Gasteiger charge is -2.26. The van der Waals surface area contributed by atoms with E-state index in [1.807, 2.05) is 58.0 Å². The summed E-state index contributed by atoms with van der Waals surface area (Å²) in [6.45, 7) is 7.81. The SMILES string of the molecule is CCS[C@]1(C(=O)OCc2ccccc2)CC[C@@H](NC(=O)OC(C)(C)C)C1. The van der Waals surface area contributed by atoms with Gasteiger partial charge in [0.1, 0.15) is 17.0 Å². The molecule has 1 amide bonds. The first kappa shape index (κ1) is 20.6. The van der Waals surface area contributed by atoms with Crippen LogP contribution in [-0.2, 0) is 20.9 Å². The number of benzene rings is 1. The van der Waals surface area contributed by atoms with E-state index >= 15 is 0 Å². The maximum absolute atomic E-state index is 12.8. The van der Waals surface area contributed by atoms with Crippen molar-refractivity contribution in [3.63, 3.8) is 0 Å². The predicted molar refractivity (Wildman–Crippen MR) is 104 cm³/mol. The summed E-state index contributed by atoms with van der Waals surface area (Å²) in [7, 11) is 0. The monoisotopic (exact) mass is 379 g/mol. The zero-order valence-electron chi connectivity index (χ0n) is 16.0. The van der Waals surface area contributed by atoms with E-state index in [1.54, 1.807) is 11.8 Å². The Bertz CT molecular complexity index is 614. The standard InChI is InChI=1S/C20H29NO4S/c1-5-26-20(17(22)24-14-15-9-7-6-8-10-15)12-11-16(13-20)21-18(23)25-19(2,3)4/h6-10,16H,5,11-14H2,1-4H3,(H,21,23)/t16-,20-/m1/s1. The quantitative estimate of drug-likeness (QED) is 0.747. The first-order valence-electron chi connectivity index (χ1n) is 9.09. The molecule has 1 N–H and O–H groups in total. The van der Waals surface area contributed by atoms with Gasteiger partial charge < -0.3 is 14.8 Å². The fourth-order valence-electron chi connectivity index (χ4n) is 3.11. The minimum absolute atomic E-state index is 0.0758. The molecular weight excluding hydrogens is 350 g/mol. The summed E-state index contributed by atoms with van der Waals surface area (Å²) in [6.07, 6.45) is 1.57. The highest BCUT2D eigenvalue weighted by molar-refractivity contribution is 8.01.